The van der Waals surface area contributed by atoms with Crippen LogP contribution in [0, 0.1) is 12.3 Å². The molecule has 0 aliphatic carbocycles. The number of anilines is 1. The largest absolute Gasteiger partial charge is 0.353 e. The lowest BCUT2D eigenvalue weighted by Gasteiger charge is -2.34. The Bertz CT molecular complexity index is 393. The monoisotopic (exact) mass is 236 g/mol. The Labute approximate surface area is 100 Å². The van der Waals surface area contributed by atoms with E-state index in [2.05, 4.69) is 25.7 Å². The lowest BCUT2D eigenvalue weighted by molar-refractivity contribution is 0.287. The summed E-state index contributed by atoms with van der Waals surface area (Å²) >= 11 is 6.04. The molecule has 0 radical (unpaired) electrons. The lowest BCUT2D eigenvalue weighted by atomic mass is 10.3. The van der Waals surface area contributed by atoms with Gasteiger partial charge in [-0.25, -0.2) is 9.97 Å². The van der Waals surface area contributed by atoms with Crippen molar-refractivity contribution in [2.45, 2.75) is 0 Å². The summed E-state index contributed by atoms with van der Waals surface area (Å²) in [7, 11) is 0. The molecule has 0 atom stereocenters. The first-order chi connectivity index (χ1) is 7.81. The van der Waals surface area contributed by atoms with E-state index in [-0.39, 0.29) is 0 Å². The molecule has 4 nitrogen and oxygen atoms in total. The fourth-order valence-corrected chi connectivity index (χ4v) is 2.01. The van der Waals surface area contributed by atoms with Crippen molar-refractivity contribution < 1.29 is 0 Å². The van der Waals surface area contributed by atoms with Crippen LogP contribution < -0.4 is 4.90 Å². The Morgan fingerprint density at radius 3 is 2.75 bits per heavy atom. The third kappa shape index (κ3) is 2.43. The number of nitrogens with zero attached hydrogens (tertiary/aromatic N) is 4. The van der Waals surface area contributed by atoms with Gasteiger partial charge in [0.1, 0.15) is 11.3 Å². The Morgan fingerprint density at radius 2 is 2.12 bits per heavy atom. The zero-order valence-corrected chi connectivity index (χ0v) is 9.69. The van der Waals surface area contributed by atoms with Gasteiger partial charge < -0.3 is 4.90 Å². The Balaban J connectivity index is 2.00. The van der Waals surface area contributed by atoms with Gasteiger partial charge in [-0.1, -0.05) is 17.5 Å². The summed E-state index contributed by atoms with van der Waals surface area (Å²) in [4.78, 5) is 12.5. The van der Waals surface area contributed by atoms with Gasteiger partial charge in [0.2, 0.25) is 0 Å². The molecule has 1 aliphatic rings. The average molecular weight is 237 g/mol. The maximum absolute atomic E-state index is 6.04. The molecule has 1 aromatic heterocycles. The predicted octanol–water partition coefficient (Wildman–Crippen LogP) is 0.885. The molecule has 1 fully saturated rings. The van der Waals surface area contributed by atoms with Crippen molar-refractivity contribution in [3.05, 3.63) is 17.5 Å². The molecule has 1 aliphatic heterocycles. The number of hydrogen-bond donors (Lipinski definition) is 0. The molecule has 0 unspecified atom stereocenters. The Kier molecular flexibility index (Phi) is 3.60. The molecule has 16 heavy (non-hydrogen) atoms. The molecule has 0 aromatic carbocycles. The van der Waals surface area contributed by atoms with Gasteiger partial charge in [0.05, 0.1) is 12.7 Å². The average Bonchev–Trinajstić information content (AvgIpc) is 2.31. The van der Waals surface area contributed by atoms with Crippen LogP contribution in [-0.2, 0) is 0 Å². The normalized spacial score (nSPS) is 17.1. The zero-order chi connectivity index (χ0) is 11.4. The predicted molar refractivity (Wildman–Crippen MR) is 64.5 cm³/mol. The van der Waals surface area contributed by atoms with E-state index in [1.54, 1.807) is 6.20 Å². The van der Waals surface area contributed by atoms with E-state index in [4.69, 9.17) is 18.0 Å². The number of halogens is 1. The highest BCUT2D eigenvalue weighted by atomic mass is 35.5. The Morgan fingerprint density at radius 1 is 1.38 bits per heavy atom. The third-order valence-electron chi connectivity index (χ3n) is 2.63. The first-order valence-electron chi connectivity index (χ1n) is 5.17. The molecule has 5 heteroatoms. The second kappa shape index (κ2) is 5.15. The molecule has 0 spiro atoms. The van der Waals surface area contributed by atoms with Gasteiger partial charge in [0.15, 0.2) is 5.82 Å². The molecule has 0 amide bonds. The summed E-state index contributed by atoms with van der Waals surface area (Å²) < 4.78 is 0. The highest BCUT2D eigenvalue weighted by molar-refractivity contribution is 6.32. The van der Waals surface area contributed by atoms with Crippen LogP contribution in [-0.4, -0.2) is 47.6 Å². The van der Waals surface area contributed by atoms with Crippen LogP contribution in [0.4, 0.5) is 5.82 Å². The number of aromatic nitrogens is 2. The first kappa shape index (κ1) is 11.2. The Hall–Kier alpha value is -1.31. The maximum atomic E-state index is 6.04. The van der Waals surface area contributed by atoms with Crippen LogP contribution in [0.15, 0.2) is 12.5 Å². The molecule has 2 heterocycles. The molecular formula is C11H13ClN4. The standard InChI is InChI=1S/C11H13ClN4/c1-2-3-15-4-6-16(7-5-15)11-10(12)8-13-9-14-11/h1,8-9H,3-7H2. The molecule has 1 aromatic rings. The number of piperazine rings is 1. The van der Waals surface area contributed by atoms with E-state index in [0.717, 1.165) is 32.0 Å². The minimum Gasteiger partial charge on any atom is -0.353 e. The van der Waals surface area contributed by atoms with E-state index < -0.39 is 0 Å². The van der Waals surface area contributed by atoms with Crippen LogP contribution >= 0.6 is 11.6 Å². The number of rotatable bonds is 2. The van der Waals surface area contributed by atoms with Crippen molar-refractivity contribution in [1.82, 2.24) is 14.9 Å². The van der Waals surface area contributed by atoms with Crippen molar-refractivity contribution in [3.63, 3.8) is 0 Å². The summed E-state index contributed by atoms with van der Waals surface area (Å²) in [6.45, 7) is 4.41. The highest BCUT2D eigenvalue weighted by Gasteiger charge is 2.18. The molecule has 0 bridgehead atoms. The van der Waals surface area contributed by atoms with Crippen molar-refractivity contribution in [3.8, 4) is 12.3 Å². The van der Waals surface area contributed by atoms with Gasteiger partial charge in [-0.05, 0) is 0 Å². The van der Waals surface area contributed by atoms with E-state index in [1.807, 2.05) is 0 Å². The summed E-state index contributed by atoms with van der Waals surface area (Å²) in [5.41, 5.74) is 0. The fourth-order valence-electron chi connectivity index (χ4n) is 1.79. The van der Waals surface area contributed by atoms with Crippen LogP contribution in [0.25, 0.3) is 0 Å². The van der Waals surface area contributed by atoms with Crippen LogP contribution in [0.3, 0.4) is 0 Å². The van der Waals surface area contributed by atoms with Gasteiger partial charge in [0, 0.05) is 26.2 Å². The van der Waals surface area contributed by atoms with E-state index in [9.17, 15) is 0 Å². The zero-order valence-electron chi connectivity index (χ0n) is 8.93. The van der Waals surface area contributed by atoms with Crippen molar-refractivity contribution in [2.24, 2.45) is 0 Å². The van der Waals surface area contributed by atoms with E-state index in [0.29, 0.717) is 11.6 Å². The quantitative estimate of drug-likeness (QED) is 0.714. The summed E-state index contributed by atoms with van der Waals surface area (Å²) in [6, 6.07) is 0. The second-order valence-corrected chi connectivity index (χ2v) is 4.07. The maximum Gasteiger partial charge on any atom is 0.150 e. The van der Waals surface area contributed by atoms with Crippen molar-refractivity contribution in [2.75, 3.05) is 37.6 Å². The number of terminal acetylenes is 1. The SMILES string of the molecule is C#CCN1CCN(c2ncncc2Cl)CC1. The third-order valence-corrected chi connectivity index (χ3v) is 2.90. The van der Waals surface area contributed by atoms with E-state index in [1.165, 1.54) is 6.33 Å². The lowest BCUT2D eigenvalue weighted by Crippen LogP contribution is -2.46. The van der Waals surface area contributed by atoms with Crippen LogP contribution in [0.1, 0.15) is 0 Å². The summed E-state index contributed by atoms with van der Waals surface area (Å²) in [6.07, 6.45) is 8.43. The summed E-state index contributed by atoms with van der Waals surface area (Å²) in [5.74, 6) is 3.48. The molecule has 1 saturated heterocycles. The minimum absolute atomic E-state index is 0.605. The van der Waals surface area contributed by atoms with E-state index >= 15 is 0 Å². The highest BCUT2D eigenvalue weighted by Crippen LogP contribution is 2.22. The van der Waals surface area contributed by atoms with Gasteiger partial charge in [-0.3, -0.25) is 4.90 Å². The smallest absolute Gasteiger partial charge is 0.150 e. The number of hydrogen-bond acceptors (Lipinski definition) is 4. The topological polar surface area (TPSA) is 32.3 Å². The minimum atomic E-state index is 0.605. The second-order valence-electron chi connectivity index (χ2n) is 3.66. The molecule has 0 N–H and O–H groups in total. The van der Waals surface area contributed by atoms with Crippen molar-refractivity contribution >= 4 is 17.4 Å². The van der Waals surface area contributed by atoms with Gasteiger partial charge in [-0.15, -0.1) is 6.42 Å². The molecular weight excluding hydrogens is 224 g/mol. The van der Waals surface area contributed by atoms with Gasteiger partial charge in [-0.2, -0.15) is 0 Å². The fraction of sp³-hybridized carbons (Fsp3) is 0.455. The first-order valence-corrected chi connectivity index (χ1v) is 5.55. The molecule has 2 rings (SSSR count). The van der Waals surface area contributed by atoms with Crippen LogP contribution in [0.2, 0.25) is 5.02 Å². The summed E-state index contributed by atoms with van der Waals surface area (Å²) in [5, 5.41) is 0.605. The van der Waals surface area contributed by atoms with Crippen LogP contribution in [0.5, 0.6) is 0 Å². The van der Waals surface area contributed by atoms with Gasteiger partial charge in [0.25, 0.3) is 0 Å². The van der Waals surface area contributed by atoms with Gasteiger partial charge >= 0.3 is 0 Å². The molecule has 84 valence electrons. The van der Waals surface area contributed by atoms with Crippen molar-refractivity contribution in [1.29, 1.82) is 0 Å². The molecule has 0 saturated carbocycles.